The van der Waals surface area contributed by atoms with Gasteiger partial charge in [-0.05, 0) is 36.8 Å². The molecule has 1 amide bonds. The fourth-order valence-electron chi connectivity index (χ4n) is 2.66. The van der Waals surface area contributed by atoms with Gasteiger partial charge in [-0.3, -0.25) is 4.79 Å². The molecule has 3 aromatic rings. The van der Waals surface area contributed by atoms with Gasteiger partial charge in [-0.2, -0.15) is 0 Å². The number of aryl methyl sites for hydroxylation is 1. The zero-order valence-corrected chi connectivity index (χ0v) is 14.6. The molecule has 25 heavy (non-hydrogen) atoms. The number of hydrogen-bond donors (Lipinski definition) is 1. The van der Waals surface area contributed by atoms with Crippen LogP contribution in [0.3, 0.4) is 0 Å². The maximum absolute atomic E-state index is 12.7. The number of furan rings is 1. The Bertz CT molecular complexity index is 810. The summed E-state index contributed by atoms with van der Waals surface area (Å²) in [6.45, 7) is 2.34. The number of carbonyl (C=O) groups excluding carboxylic acids is 1. The van der Waals surface area contributed by atoms with E-state index < -0.39 is 0 Å². The van der Waals surface area contributed by atoms with Gasteiger partial charge >= 0.3 is 0 Å². The van der Waals surface area contributed by atoms with Crippen LogP contribution in [0.15, 0.2) is 57.7 Å². The predicted octanol–water partition coefficient (Wildman–Crippen LogP) is 3.91. The van der Waals surface area contributed by atoms with Crippen molar-refractivity contribution in [3.8, 4) is 0 Å². The Morgan fingerprint density at radius 2 is 2.08 bits per heavy atom. The molecule has 0 spiro atoms. The lowest BCUT2D eigenvalue weighted by molar-refractivity contribution is -0.122. The molecule has 2 aromatic heterocycles. The maximum atomic E-state index is 12.7. The molecule has 0 radical (unpaired) electrons. The SMILES string of the molecule is Cc1cc(CCNC(=O)C(Cc2ccco2)c2ccc(Cl)cc2)no1. The van der Waals surface area contributed by atoms with Crippen molar-refractivity contribution in [3.05, 3.63) is 76.5 Å². The Hall–Kier alpha value is -2.53. The molecule has 0 aliphatic heterocycles. The van der Waals surface area contributed by atoms with Crippen LogP contribution in [0.25, 0.3) is 0 Å². The summed E-state index contributed by atoms with van der Waals surface area (Å²) >= 11 is 5.96. The Kier molecular flexibility index (Phi) is 5.56. The molecule has 1 atom stereocenters. The van der Waals surface area contributed by atoms with Gasteiger partial charge in [-0.15, -0.1) is 0 Å². The molecule has 3 rings (SSSR count). The van der Waals surface area contributed by atoms with Crippen molar-refractivity contribution < 1.29 is 13.7 Å². The largest absolute Gasteiger partial charge is 0.469 e. The van der Waals surface area contributed by atoms with Crippen LogP contribution in [-0.4, -0.2) is 17.6 Å². The van der Waals surface area contributed by atoms with Crippen molar-refractivity contribution in [2.45, 2.75) is 25.7 Å². The lowest BCUT2D eigenvalue weighted by Crippen LogP contribution is -2.32. The van der Waals surface area contributed by atoms with E-state index in [1.54, 1.807) is 18.4 Å². The molecule has 0 aliphatic carbocycles. The first-order valence-electron chi connectivity index (χ1n) is 8.09. The van der Waals surface area contributed by atoms with Crippen LogP contribution in [0.1, 0.15) is 28.7 Å². The first kappa shape index (κ1) is 17.3. The van der Waals surface area contributed by atoms with E-state index in [0.717, 1.165) is 22.8 Å². The van der Waals surface area contributed by atoms with Crippen molar-refractivity contribution in [1.29, 1.82) is 0 Å². The van der Waals surface area contributed by atoms with Crippen molar-refractivity contribution >= 4 is 17.5 Å². The number of nitrogens with zero attached hydrogens (tertiary/aromatic N) is 1. The van der Waals surface area contributed by atoms with Crippen molar-refractivity contribution in [3.63, 3.8) is 0 Å². The minimum absolute atomic E-state index is 0.0565. The average molecular weight is 359 g/mol. The van der Waals surface area contributed by atoms with Gasteiger partial charge in [0.15, 0.2) is 0 Å². The third-order valence-corrected chi connectivity index (χ3v) is 4.18. The zero-order valence-electron chi connectivity index (χ0n) is 13.9. The summed E-state index contributed by atoms with van der Waals surface area (Å²) in [4.78, 5) is 12.7. The summed E-state index contributed by atoms with van der Waals surface area (Å²) < 4.78 is 10.4. The molecule has 0 saturated heterocycles. The molecule has 0 saturated carbocycles. The van der Waals surface area contributed by atoms with Crippen molar-refractivity contribution in [1.82, 2.24) is 10.5 Å². The molecule has 1 unspecified atom stereocenters. The molecule has 0 fully saturated rings. The Labute approximate surface area is 151 Å². The van der Waals surface area contributed by atoms with E-state index in [4.69, 9.17) is 20.5 Å². The summed E-state index contributed by atoms with van der Waals surface area (Å²) in [5, 5.41) is 7.54. The quantitative estimate of drug-likeness (QED) is 0.695. The highest BCUT2D eigenvalue weighted by atomic mass is 35.5. The van der Waals surface area contributed by atoms with Gasteiger partial charge in [-0.1, -0.05) is 28.9 Å². The average Bonchev–Trinajstić information content (AvgIpc) is 3.25. The highest BCUT2D eigenvalue weighted by molar-refractivity contribution is 6.30. The monoisotopic (exact) mass is 358 g/mol. The third-order valence-electron chi connectivity index (χ3n) is 3.93. The maximum Gasteiger partial charge on any atom is 0.228 e. The lowest BCUT2D eigenvalue weighted by atomic mass is 9.93. The van der Waals surface area contributed by atoms with Crippen molar-refractivity contribution in [2.24, 2.45) is 0 Å². The molecule has 0 bridgehead atoms. The van der Waals surface area contributed by atoms with E-state index in [1.165, 1.54) is 0 Å². The number of amides is 1. The molecule has 6 heteroatoms. The van der Waals surface area contributed by atoms with E-state index in [0.29, 0.717) is 24.4 Å². The van der Waals surface area contributed by atoms with E-state index in [-0.39, 0.29) is 11.8 Å². The summed E-state index contributed by atoms with van der Waals surface area (Å²) in [5.41, 5.74) is 1.72. The highest BCUT2D eigenvalue weighted by Gasteiger charge is 2.22. The second-order valence-electron chi connectivity index (χ2n) is 5.86. The van der Waals surface area contributed by atoms with Crippen LogP contribution in [-0.2, 0) is 17.6 Å². The normalized spacial score (nSPS) is 12.1. The smallest absolute Gasteiger partial charge is 0.228 e. The van der Waals surface area contributed by atoms with Gasteiger partial charge in [0, 0.05) is 30.5 Å². The zero-order chi connectivity index (χ0) is 17.6. The standard InChI is InChI=1S/C19H19ClN2O3/c1-13-11-16(22-25-13)8-9-21-19(23)18(12-17-3-2-10-24-17)14-4-6-15(20)7-5-14/h2-7,10-11,18H,8-9,12H2,1H3,(H,21,23). The number of carbonyl (C=O) groups is 1. The van der Waals surface area contributed by atoms with Gasteiger partial charge in [-0.25, -0.2) is 0 Å². The van der Waals surface area contributed by atoms with Crippen LogP contribution in [0.4, 0.5) is 0 Å². The van der Waals surface area contributed by atoms with Crippen LogP contribution in [0.2, 0.25) is 5.02 Å². The van der Waals surface area contributed by atoms with Gasteiger partial charge < -0.3 is 14.3 Å². The third kappa shape index (κ3) is 4.73. The molecule has 0 aliphatic rings. The van der Waals surface area contributed by atoms with E-state index in [9.17, 15) is 4.79 Å². The first-order valence-corrected chi connectivity index (χ1v) is 8.47. The summed E-state index contributed by atoms with van der Waals surface area (Å²) in [6, 6.07) is 12.9. The molecular weight excluding hydrogens is 340 g/mol. The Balaban J connectivity index is 1.66. The fraction of sp³-hybridized carbons (Fsp3) is 0.263. The van der Waals surface area contributed by atoms with E-state index in [1.807, 2.05) is 37.3 Å². The van der Waals surface area contributed by atoms with E-state index in [2.05, 4.69) is 10.5 Å². The molecule has 1 N–H and O–H groups in total. The van der Waals surface area contributed by atoms with Gasteiger partial charge in [0.05, 0.1) is 17.9 Å². The number of aromatic nitrogens is 1. The van der Waals surface area contributed by atoms with Crippen LogP contribution in [0, 0.1) is 6.92 Å². The molecule has 5 nitrogen and oxygen atoms in total. The number of benzene rings is 1. The minimum Gasteiger partial charge on any atom is -0.469 e. The van der Waals surface area contributed by atoms with Gasteiger partial charge in [0.1, 0.15) is 11.5 Å². The topological polar surface area (TPSA) is 68.3 Å². The number of halogens is 1. The molecule has 2 heterocycles. The second kappa shape index (κ2) is 8.03. The van der Waals surface area contributed by atoms with E-state index >= 15 is 0 Å². The number of rotatable bonds is 7. The summed E-state index contributed by atoms with van der Waals surface area (Å²) in [6.07, 6.45) is 2.72. The lowest BCUT2D eigenvalue weighted by Gasteiger charge is -2.16. The number of hydrogen-bond acceptors (Lipinski definition) is 4. The van der Waals surface area contributed by atoms with Crippen molar-refractivity contribution in [2.75, 3.05) is 6.54 Å². The molecule has 1 aromatic carbocycles. The molecular formula is C19H19ClN2O3. The molecule has 130 valence electrons. The van der Waals surface area contributed by atoms with Crippen LogP contribution >= 0.6 is 11.6 Å². The summed E-state index contributed by atoms with van der Waals surface area (Å²) in [5.74, 6) is 1.13. The Morgan fingerprint density at radius 1 is 1.28 bits per heavy atom. The van der Waals surface area contributed by atoms with Gasteiger partial charge in [0.2, 0.25) is 5.91 Å². The number of nitrogens with one attached hydrogen (secondary N) is 1. The van der Waals surface area contributed by atoms with Crippen LogP contribution < -0.4 is 5.32 Å². The van der Waals surface area contributed by atoms with Crippen LogP contribution in [0.5, 0.6) is 0 Å². The predicted molar refractivity (Wildman–Crippen MR) is 94.6 cm³/mol. The highest BCUT2D eigenvalue weighted by Crippen LogP contribution is 2.23. The minimum atomic E-state index is -0.345. The van der Waals surface area contributed by atoms with Gasteiger partial charge in [0.25, 0.3) is 0 Å². The fourth-order valence-corrected chi connectivity index (χ4v) is 2.79. The summed E-state index contributed by atoms with van der Waals surface area (Å²) in [7, 11) is 0. The second-order valence-corrected chi connectivity index (χ2v) is 6.29. The Morgan fingerprint density at radius 3 is 2.72 bits per heavy atom. The first-order chi connectivity index (χ1) is 12.1.